The van der Waals surface area contributed by atoms with E-state index in [-0.39, 0.29) is 43.6 Å². The monoisotopic (exact) mass is 730 g/mol. The van der Waals surface area contributed by atoms with Crippen molar-refractivity contribution in [1.82, 2.24) is 21.3 Å². The van der Waals surface area contributed by atoms with Crippen LogP contribution in [0.25, 0.3) is 11.1 Å². The summed E-state index contributed by atoms with van der Waals surface area (Å²) in [5.41, 5.74) is 6.23. The first-order valence-corrected chi connectivity index (χ1v) is 17.3. The molecule has 0 aromatic heterocycles. The van der Waals surface area contributed by atoms with E-state index in [4.69, 9.17) is 14.2 Å². The fraction of sp³-hybridized carbons (Fsp3) is 0.262. The van der Waals surface area contributed by atoms with Crippen LogP contribution in [0.15, 0.2) is 97.1 Å². The topological polar surface area (TPSA) is 161 Å². The number of rotatable bonds is 11. The maximum atomic E-state index is 13.0. The molecule has 4 N–H and O–H groups in total. The van der Waals surface area contributed by atoms with Gasteiger partial charge in [-0.15, -0.1) is 0 Å². The number of esters is 1. The maximum absolute atomic E-state index is 13.0. The van der Waals surface area contributed by atoms with E-state index in [2.05, 4.69) is 33.1 Å². The summed E-state index contributed by atoms with van der Waals surface area (Å²) in [6.45, 7) is 5.15. The van der Waals surface area contributed by atoms with Crippen molar-refractivity contribution in [2.45, 2.75) is 44.9 Å². The molecule has 1 unspecified atom stereocenters. The van der Waals surface area contributed by atoms with Crippen molar-refractivity contribution in [3.63, 3.8) is 0 Å². The predicted octanol–water partition coefficient (Wildman–Crippen LogP) is 5.04. The molecule has 5 rings (SSSR count). The highest BCUT2D eigenvalue weighted by molar-refractivity contribution is 5.97. The summed E-state index contributed by atoms with van der Waals surface area (Å²) < 4.78 is 15.5. The minimum absolute atomic E-state index is 0.104. The van der Waals surface area contributed by atoms with Gasteiger partial charge in [0.1, 0.15) is 24.8 Å². The van der Waals surface area contributed by atoms with Crippen molar-refractivity contribution in [2.75, 3.05) is 26.8 Å². The summed E-state index contributed by atoms with van der Waals surface area (Å²) >= 11 is 0. The zero-order valence-electron chi connectivity index (χ0n) is 30.5. The second kappa shape index (κ2) is 17.7. The Morgan fingerprint density at radius 2 is 1.30 bits per heavy atom. The van der Waals surface area contributed by atoms with Gasteiger partial charge in [-0.3, -0.25) is 9.59 Å². The van der Waals surface area contributed by atoms with Gasteiger partial charge in [-0.2, -0.15) is 0 Å². The van der Waals surface area contributed by atoms with Crippen LogP contribution >= 0.6 is 0 Å². The van der Waals surface area contributed by atoms with Gasteiger partial charge in [0.2, 0.25) is 5.91 Å². The Labute approximate surface area is 314 Å². The van der Waals surface area contributed by atoms with Crippen LogP contribution in [-0.2, 0) is 30.3 Å². The quantitative estimate of drug-likeness (QED) is 0.0949. The number of amides is 4. The average Bonchev–Trinajstić information content (AvgIpc) is 3.49. The number of fused-ring (bicyclic) bond motifs is 3. The van der Waals surface area contributed by atoms with E-state index in [1.54, 1.807) is 45.0 Å². The molecule has 0 aliphatic heterocycles. The molecule has 0 spiro atoms. The lowest BCUT2D eigenvalue weighted by Gasteiger charge is -2.19. The molecule has 4 aromatic carbocycles. The first-order valence-electron chi connectivity index (χ1n) is 17.3. The standard InChI is InChI=1S/C42H42N4O8/c1-42(2,3)54-41(51)45-25-37(47)43-23-29-17-15-27(16-18-29)13-14-28-19-21-30(22-20-28)38(48)46-36(39(49)52-4)24-44-40(50)53-26-35-33-11-7-5-9-31(33)32-10-6-8-12-34(32)35/h5-12,15-22,35-36H,23-26H2,1-4H3,(H,43,47)(H,44,50)(H,45,51)(H,46,48). The highest BCUT2D eigenvalue weighted by Crippen LogP contribution is 2.44. The fourth-order valence-corrected chi connectivity index (χ4v) is 5.70. The maximum Gasteiger partial charge on any atom is 0.408 e. The lowest BCUT2D eigenvalue weighted by Crippen LogP contribution is -2.49. The first kappa shape index (κ1) is 38.6. The van der Waals surface area contributed by atoms with E-state index in [1.807, 2.05) is 72.8 Å². The number of carbonyl (C=O) groups is 5. The second-order valence-corrected chi connectivity index (χ2v) is 13.4. The summed E-state index contributed by atoms with van der Waals surface area (Å²) in [6.07, 6.45) is -1.39. The Morgan fingerprint density at radius 3 is 1.87 bits per heavy atom. The Morgan fingerprint density at radius 1 is 0.722 bits per heavy atom. The van der Waals surface area contributed by atoms with Gasteiger partial charge >= 0.3 is 18.2 Å². The Balaban J connectivity index is 1.08. The van der Waals surface area contributed by atoms with Crippen molar-refractivity contribution < 1.29 is 38.2 Å². The third kappa shape index (κ3) is 10.7. The van der Waals surface area contributed by atoms with Gasteiger partial charge in [0, 0.05) is 29.2 Å². The SMILES string of the molecule is COC(=O)C(CNC(=O)OCC1c2ccccc2-c2ccccc21)NC(=O)c1ccc(C#Cc2ccc(CNC(=O)CNC(=O)OC(C)(C)C)cc2)cc1. The lowest BCUT2D eigenvalue weighted by atomic mass is 9.98. The van der Waals surface area contributed by atoms with Gasteiger partial charge in [-0.1, -0.05) is 72.5 Å². The number of benzene rings is 4. The van der Waals surface area contributed by atoms with E-state index in [9.17, 15) is 24.0 Å². The molecule has 12 heteroatoms. The molecule has 1 atom stereocenters. The normalized spacial score (nSPS) is 12.1. The molecular weight excluding hydrogens is 688 g/mol. The summed E-state index contributed by atoms with van der Waals surface area (Å²) in [6, 6.07) is 28.7. The van der Waals surface area contributed by atoms with E-state index < -0.39 is 35.7 Å². The smallest absolute Gasteiger partial charge is 0.408 e. The summed E-state index contributed by atoms with van der Waals surface area (Å²) in [4.78, 5) is 62.0. The molecular formula is C42H42N4O8. The number of hydrogen-bond acceptors (Lipinski definition) is 8. The molecule has 54 heavy (non-hydrogen) atoms. The third-order valence-electron chi connectivity index (χ3n) is 8.32. The van der Waals surface area contributed by atoms with Gasteiger partial charge in [0.25, 0.3) is 5.91 Å². The number of nitrogens with one attached hydrogen (secondary N) is 4. The van der Waals surface area contributed by atoms with Gasteiger partial charge in [0.05, 0.1) is 13.7 Å². The Bertz CT molecular complexity index is 2020. The Kier molecular flexibility index (Phi) is 12.7. The molecule has 12 nitrogen and oxygen atoms in total. The average molecular weight is 731 g/mol. The number of alkyl carbamates (subject to hydrolysis) is 2. The summed E-state index contributed by atoms with van der Waals surface area (Å²) in [5.74, 6) is 4.36. The Hall–Kier alpha value is -6.61. The van der Waals surface area contributed by atoms with Crippen molar-refractivity contribution in [3.8, 4) is 23.0 Å². The molecule has 0 bridgehead atoms. The summed E-state index contributed by atoms with van der Waals surface area (Å²) in [7, 11) is 1.20. The van der Waals surface area contributed by atoms with E-state index in [1.165, 1.54) is 7.11 Å². The summed E-state index contributed by atoms with van der Waals surface area (Å²) in [5, 5.41) is 10.3. The second-order valence-electron chi connectivity index (χ2n) is 13.4. The van der Waals surface area contributed by atoms with Crippen LogP contribution in [0.5, 0.6) is 0 Å². The molecule has 0 heterocycles. The van der Waals surface area contributed by atoms with Crippen LogP contribution in [0.4, 0.5) is 9.59 Å². The van der Waals surface area contributed by atoms with Crippen LogP contribution in [0.1, 0.15) is 64.9 Å². The largest absolute Gasteiger partial charge is 0.467 e. The van der Waals surface area contributed by atoms with Crippen LogP contribution < -0.4 is 21.3 Å². The van der Waals surface area contributed by atoms with Gasteiger partial charge in [0.15, 0.2) is 0 Å². The van der Waals surface area contributed by atoms with Crippen LogP contribution in [-0.4, -0.2) is 68.4 Å². The molecule has 1 aliphatic rings. The minimum Gasteiger partial charge on any atom is -0.467 e. The van der Waals surface area contributed by atoms with Crippen molar-refractivity contribution >= 4 is 30.0 Å². The highest BCUT2D eigenvalue weighted by Gasteiger charge is 2.29. The predicted molar refractivity (Wildman–Crippen MR) is 201 cm³/mol. The zero-order valence-corrected chi connectivity index (χ0v) is 30.5. The number of ether oxygens (including phenoxy) is 3. The molecule has 4 amide bonds. The lowest BCUT2D eigenvalue weighted by molar-refractivity contribution is -0.142. The van der Waals surface area contributed by atoms with Crippen molar-refractivity contribution in [1.29, 1.82) is 0 Å². The van der Waals surface area contributed by atoms with Gasteiger partial charge in [-0.05, 0) is 85.0 Å². The van der Waals surface area contributed by atoms with Gasteiger partial charge in [-0.25, -0.2) is 14.4 Å². The van der Waals surface area contributed by atoms with Gasteiger partial charge < -0.3 is 35.5 Å². The van der Waals surface area contributed by atoms with Crippen molar-refractivity contribution in [3.05, 3.63) is 130 Å². The third-order valence-corrected chi connectivity index (χ3v) is 8.32. The van der Waals surface area contributed by atoms with Crippen LogP contribution in [0.2, 0.25) is 0 Å². The molecule has 0 fully saturated rings. The van der Waals surface area contributed by atoms with Crippen molar-refractivity contribution in [2.24, 2.45) is 0 Å². The number of carbonyl (C=O) groups excluding carboxylic acids is 5. The molecule has 0 radical (unpaired) electrons. The molecule has 4 aromatic rings. The molecule has 0 saturated heterocycles. The highest BCUT2D eigenvalue weighted by atomic mass is 16.6. The molecule has 0 saturated carbocycles. The van der Waals surface area contributed by atoms with Crippen LogP contribution in [0.3, 0.4) is 0 Å². The molecule has 1 aliphatic carbocycles. The number of methoxy groups -OCH3 is 1. The van der Waals surface area contributed by atoms with Crippen LogP contribution in [0, 0.1) is 11.8 Å². The first-order chi connectivity index (χ1) is 25.9. The van der Waals surface area contributed by atoms with E-state index in [0.29, 0.717) is 5.56 Å². The number of hydrogen-bond donors (Lipinski definition) is 4. The minimum atomic E-state index is -1.16. The van der Waals surface area contributed by atoms with E-state index in [0.717, 1.165) is 33.4 Å². The zero-order chi connectivity index (χ0) is 38.7. The fourth-order valence-electron chi connectivity index (χ4n) is 5.70. The molecule has 278 valence electrons. The van der Waals surface area contributed by atoms with E-state index >= 15 is 0 Å².